The third kappa shape index (κ3) is 5.04. The minimum Gasteiger partial charge on any atom is -0.351 e. The highest BCUT2D eigenvalue weighted by Gasteiger charge is 2.20. The van der Waals surface area contributed by atoms with Gasteiger partial charge in [0.25, 0.3) is 5.56 Å². The van der Waals surface area contributed by atoms with Gasteiger partial charge in [-0.1, -0.05) is 62.9 Å². The largest absolute Gasteiger partial charge is 0.351 e. The third-order valence-corrected chi connectivity index (χ3v) is 5.78. The Morgan fingerprint density at radius 3 is 2.52 bits per heavy atom. The van der Waals surface area contributed by atoms with Crippen LogP contribution in [0.15, 0.2) is 44.9 Å². The fourth-order valence-electron chi connectivity index (χ4n) is 3.12. The van der Waals surface area contributed by atoms with Crippen LogP contribution in [0.5, 0.6) is 0 Å². The van der Waals surface area contributed by atoms with E-state index in [1.54, 1.807) is 0 Å². The molecular weight excluding hydrogens is 414 g/mol. The summed E-state index contributed by atoms with van der Waals surface area (Å²) in [6.07, 6.45) is 0.721. The van der Waals surface area contributed by atoms with Crippen molar-refractivity contribution in [2.75, 3.05) is 5.75 Å². The van der Waals surface area contributed by atoms with Crippen molar-refractivity contribution in [3.8, 4) is 0 Å². The molecule has 3 rings (SSSR count). The summed E-state index contributed by atoms with van der Waals surface area (Å²) in [4.78, 5) is 47.1. The normalized spacial score (nSPS) is 11.3. The number of nitrogens with zero attached hydrogens (tertiary/aromatic N) is 4. The molecule has 0 atom stereocenters. The standard InChI is InChI=1S/C22H27N5O3S/c1-5-11-27-19-17(21(29)26(4)22(27)30)20(25-18(24-19)14(2)3)31-13-16(28)23-12-15-9-7-6-8-10-15/h6-10,14H,5,11-13H2,1-4H3,(H,23,28). The first kappa shape index (κ1) is 22.7. The molecule has 0 fully saturated rings. The summed E-state index contributed by atoms with van der Waals surface area (Å²) in [5.41, 5.74) is 0.493. The Morgan fingerprint density at radius 2 is 1.87 bits per heavy atom. The first-order valence-electron chi connectivity index (χ1n) is 10.3. The first-order valence-corrected chi connectivity index (χ1v) is 11.3. The maximum Gasteiger partial charge on any atom is 0.332 e. The van der Waals surface area contributed by atoms with E-state index in [1.807, 2.05) is 51.1 Å². The maximum atomic E-state index is 12.9. The fourth-order valence-corrected chi connectivity index (χ4v) is 3.97. The first-order chi connectivity index (χ1) is 14.8. The van der Waals surface area contributed by atoms with Crippen molar-refractivity contribution in [2.45, 2.75) is 51.2 Å². The Balaban J connectivity index is 1.96. The Kier molecular flexibility index (Phi) is 7.27. The summed E-state index contributed by atoms with van der Waals surface area (Å²) >= 11 is 1.19. The molecule has 3 aromatic rings. The van der Waals surface area contributed by atoms with E-state index in [0.717, 1.165) is 16.6 Å². The molecule has 9 heteroatoms. The van der Waals surface area contributed by atoms with Crippen molar-refractivity contribution < 1.29 is 4.79 Å². The lowest BCUT2D eigenvalue weighted by atomic mass is 10.2. The van der Waals surface area contributed by atoms with Crippen LogP contribution < -0.4 is 16.6 Å². The van der Waals surface area contributed by atoms with Crippen LogP contribution in [0.2, 0.25) is 0 Å². The molecule has 0 unspecified atom stereocenters. The number of aromatic nitrogens is 4. The molecule has 1 aromatic carbocycles. The van der Waals surface area contributed by atoms with Crippen molar-refractivity contribution in [1.29, 1.82) is 0 Å². The van der Waals surface area contributed by atoms with Crippen LogP contribution in [-0.2, 0) is 24.9 Å². The predicted octanol–water partition coefficient (Wildman–Crippen LogP) is 2.43. The van der Waals surface area contributed by atoms with E-state index in [0.29, 0.717) is 29.6 Å². The Labute approximate surface area is 184 Å². The number of amides is 1. The van der Waals surface area contributed by atoms with Crippen molar-refractivity contribution in [3.63, 3.8) is 0 Å². The lowest BCUT2D eigenvalue weighted by Gasteiger charge is -2.15. The Morgan fingerprint density at radius 1 is 1.16 bits per heavy atom. The number of carbonyl (C=O) groups excluding carboxylic acids is 1. The van der Waals surface area contributed by atoms with Gasteiger partial charge in [0.15, 0.2) is 5.65 Å². The average Bonchev–Trinajstić information content (AvgIpc) is 2.77. The van der Waals surface area contributed by atoms with Crippen molar-refractivity contribution in [2.24, 2.45) is 7.05 Å². The van der Waals surface area contributed by atoms with Crippen LogP contribution >= 0.6 is 11.8 Å². The van der Waals surface area contributed by atoms with Crippen molar-refractivity contribution in [3.05, 3.63) is 62.6 Å². The second-order valence-electron chi connectivity index (χ2n) is 7.59. The molecule has 1 amide bonds. The number of hydrogen-bond donors (Lipinski definition) is 1. The van der Waals surface area contributed by atoms with E-state index in [1.165, 1.54) is 23.4 Å². The number of aryl methyl sites for hydroxylation is 1. The van der Waals surface area contributed by atoms with Crippen LogP contribution in [0.1, 0.15) is 44.5 Å². The number of hydrogen-bond acceptors (Lipinski definition) is 6. The summed E-state index contributed by atoms with van der Waals surface area (Å²) in [6.45, 7) is 6.73. The van der Waals surface area contributed by atoms with Gasteiger partial charge < -0.3 is 5.32 Å². The highest BCUT2D eigenvalue weighted by Crippen LogP contribution is 2.24. The molecule has 0 saturated carbocycles. The Hall–Kier alpha value is -2.94. The minimum absolute atomic E-state index is 0.00453. The molecule has 0 radical (unpaired) electrons. The number of benzene rings is 1. The van der Waals surface area contributed by atoms with Gasteiger partial charge in [-0.15, -0.1) is 0 Å². The average molecular weight is 442 g/mol. The number of thioether (sulfide) groups is 1. The summed E-state index contributed by atoms with van der Waals surface area (Å²) in [5, 5.41) is 3.58. The van der Waals surface area contributed by atoms with Crippen molar-refractivity contribution in [1.82, 2.24) is 24.4 Å². The molecule has 164 valence electrons. The van der Waals surface area contributed by atoms with Gasteiger partial charge in [-0.3, -0.25) is 18.7 Å². The zero-order valence-electron chi connectivity index (χ0n) is 18.2. The van der Waals surface area contributed by atoms with Crippen LogP contribution in [0.3, 0.4) is 0 Å². The van der Waals surface area contributed by atoms with E-state index in [-0.39, 0.29) is 23.0 Å². The third-order valence-electron chi connectivity index (χ3n) is 4.80. The number of rotatable bonds is 8. The summed E-state index contributed by atoms with van der Waals surface area (Å²) < 4.78 is 2.60. The maximum absolute atomic E-state index is 12.9. The molecule has 2 heterocycles. The summed E-state index contributed by atoms with van der Waals surface area (Å²) in [5.74, 6) is 0.486. The second-order valence-corrected chi connectivity index (χ2v) is 8.55. The van der Waals surface area contributed by atoms with E-state index >= 15 is 0 Å². The number of nitrogens with one attached hydrogen (secondary N) is 1. The zero-order valence-corrected chi connectivity index (χ0v) is 19.0. The SMILES string of the molecule is CCCn1c(=O)n(C)c(=O)c2c(SCC(=O)NCc3ccccc3)nc(C(C)C)nc21. The van der Waals surface area contributed by atoms with E-state index in [9.17, 15) is 14.4 Å². The lowest BCUT2D eigenvalue weighted by Crippen LogP contribution is -2.39. The van der Waals surface area contributed by atoms with Crippen molar-refractivity contribution >= 4 is 28.7 Å². The molecule has 0 spiro atoms. The quantitative estimate of drug-likeness (QED) is 0.426. The van der Waals surface area contributed by atoms with Gasteiger partial charge in [0.2, 0.25) is 5.91 Å². The molecule has 31 heavy (non-hydrogen) atoms. The van der Waals surface area contributed by atoms with Gasteiger partial charge in [0, 0.05) is 26.1 Å². The predicted molar refractivity (Wildman–Crippen MR) is 122 cm³/mol. The highest BCUT2D eigenvalue weighted by atomic mass is 32.2. The fraction of sp³-hybridized carbons (Fsp3) is 0.409. The van der Waals surface area contributed by atoms with Gasteiger partial charge in [-0.2, -0.15) is 0 Å². The summed E-state index contributed by atoms with van der Waals surface area (Å²) in [7, 11) is 1.45. The zero-order chi connectivity index (χ0) is 22.5. The van der Waals surface area contributed by atoms with E-state index < -0.39 is 11.2 Å². The molecule has 2 aromatic heterocycles. The molecule has 0 aliphatic rings. The van der Waals surface area contributed by atoms with Crippen LogP contribution in [0, 0.1) is 0 Å². The topological polar surface area (TPSA) is 98.9 Å². The smallest absolute Gasteiger partial charge is 0.332 e. The lowest BCUT2D eigenvalue weighted by molar-refractivity contribution is -0.118. The molecule has 0 saturated heterocycles. The van der Waals surface area contributed by atoms with Gasteiger partial charge in [0.1, 0.15) is 16.2 Å². The number of carbonyl (C=O) groups is 1. The van der Waals surface area contributed by atoms with Crippen LogP contribution in [0.4, 0.5) is 0 Å². The molecule has 0 aliphatic heterocycles. The van der Waals surface area contributed by atoms with Crippen LogP contribution in [-0.4, -0.2) is 30.8 Å². The summed E-state index contributed by atoms with van der Waals surface area (Å²) in [6, 6.07) is 9.64. The van der Waals surface area contributed by atoms with E-state index in [4.69, 9.17) is 0 Å². The molecule has 0 aliphatic carbocycles. The second kappa shape index (κ2) is 9.91. The van der Waals surface area contributed by atoms with E-state index in [2.05, 4.69) is 15.3 Å². The highest BCUT2D eigenvalue weighted by molar-refractivity contribution is 8.00. The Bertz CT molecular complexity index is 1200. The van der Waals surface area contributed by atoms with Gasteiger partial charge in [-0.05, 0) is 12.0 Å². The number of fused-ring (bicyclic) bond motifs is 1. The van der Waals surface area contributed by atoms with Gasteiger partial charge in [-0.25, -0.2) is 14.8 Å². The monoisotopic (exact) mass is 441 g/mol. The molecular formula is C22H27N5O3S. The van der Waals surface area contributed by atoms with Gasteiger partial charge >= 0.3 is 5.69 Å². The molecule has 8 nitrogen and oxygen atoms in total. The minimum atomic E-state index is -0.449. The van der Waals surface area contributed by atoms with Crippen LogP contribution in [0.25, 0.3) is 11.0 Å². The van der Waals surface area contributed by atoms with Gasteiger partial charge in [0.05, 0.1) is 5.75 Å². The molecule has 1 N–H and O–H groups in total. The molecule has 0 bridgehead atoms.